The standard InChI is InChI=1S/C12H17N3S/c1-4-5-8-16-11-7-6-10-12(14-11)15(3)9(2)13-10/h6-7H,4-5,8H2,1-3H3. The molecule has 0 radical (unpaired) electrons. The third-order valence-electron chi connectivity index (χ3n) is 2.66. The Morgan fingerprint density at radius 2 is 2.12 bits per heavy atom. The van der Waals surface area contributed by atoms with Crippen molar-refractivity contribution in [3.63, 3.8) is 0 Å². The summed E-state index contributed by atoms with van der Waals surface area (Å²) >= 11 is 1.83. The molecule has 86 valence electrons. The van der Waals surface area contributed by atoms with E-state index in [1.807, 2.05) is 30.3 Å². The van der Waals surface area contributed by atoms with Gasteiger partial charge in [-0.1, -0.05) is 13.3 Å². The Morgan fingerprint density at radius 3 is 2.88 bits per heavy atom. The maximum Gasteiger partial charge on any atom is 0.161 e. The van der Waals surface area contributed by atoms with E-state index < -0.39 is 0 Å². The lowest BCUT2D eigenvalue weighted by atomic mass is 10.4. The summed E-state index contributed by atoms with van der Waals surface area (Å²) in [5, 5.41) is 1.10. The smallest absolute Gasteiger partial charge is 0.161 e. The first-order chi connectivity index (χ1) is 7.72. The van der Waals surface area contributed by atoms with E-state index in [9.17, 15) is 0 Å². The van der Waals surface area contributed by atoms with E-state index in [0.29, 0.717) is 0 Å². The molecule has 0 atom stereocenters. The lowest BCUT2D eigenvalue weighted by Crippen LogP contribution is -1.93. The third-order valence-corrected chi connectivity index (χ3v) is 3.68. The van der Waals surface area contributed by atoms with Crippen LogP contribution in [-0.2, 0) is 7.05 Å². The van der Waals surface area contributed by atoms with Crippen molar-refractivity contribution in [1.82, 2.24) is 14.5 Å². The molecule has 0 saturated carbocycles. The van der Waals surface area contributed by atoms with Gasteiger partial charge in [0.25, 0.3) is 0 Å². The Hall–Kier alpha value is -1.03. The summed E-state index contributed by atoms with van der Waals surface area (Å²) in [5.74, 6) is 2.16. The Bertz CT molecular complexity index is 490. The highest BCUT2D eigenvalue weighted by atomic mass is 32.2. The molecule has 0 unspecified atom stereocenters. The molecular formula is C12H17N3S. The molecule has 2 heterocycles. The van der Waals surface area contributed by atoms with Crippen LogP contribution < -0.4 is 0 Å². The second-order valence-electron chi connectivity index (χ2n) is 3.91. The van der Waals surface area contributed by atoms with Crippen LogP contribution in [0.15, 0.2) is 17.2 Å². The number of thioether (sulfide) groups is 1. The van der Waals surface area contributed by atoms with Gasteiger partial charge in [0.2, 0.25) is 0 Å². The van der Waals surface area contributed by atoms with E-state index in [-0.39, 0.29) is 0 Å². The largest absolute Gasteiger partial charge is 0.316 e. The van der Waals surface area contributed by atoms with Gasteiger partial charge >= 0.3 is 0 Å². The SMILES string of the molecule is CCCCSc1ccc2nc(C)n(C)c2n1. The molecule has 0 saturated heterocycles. The molecule has 16 heavy (non-hydrogen) atoms. The zero-order valence-electron chi connectivity index (χ0n) is 10.0. The number of nitrogens with zero attached hydrogens (tertiary/aromatic N) is 3. The monoisotopic (exact) mass is 235 g/mol. The third kappa shape index (κ3) is 2.21. The molecule has 0 aliphatic heterocycles. The summed E-state index contributed by atoms with van der Waals surface area (Å²) < 4.78 is 2.04. The van der Waals surface area contributed by atoms with Crippen LogP contribution in [0.4, 0.5) is 0 Å². The first-order valence-electron chi connectivity index (χ1n) is 5.65. The number of rotatable bonds is 4. The number of hydrogen-bond acceptors (Lipinski definition) is 3. The first-order valence-corrected chi connectivity index (χ1v) is 6.64. The van der Waals surface area contributed by atoms with Gasteiger partial charge in [-0.15, -0.1) is 11.8 Å². The van der Waals surface area contributed by atoms with Gasteiger partial charge in [-0.3, -0.25) is 0 Å². The zero-order valence-corrected chi connectivity index (χ0v) is 10.8. The van der Waals surface area contributed by atoms with Crippen molar-refractivity contribution in [1.29, 1.82) is 0 Å². The van der Waals surface area contributed by atoms with Crippen molar-refractivity contribution in [2.45, 2.75) is 31.7 Å². The van der Waals surface area contributed by atoms with Crippen LogP contribution in [0.25, 0.3) is 11.2 Å². The van der Waals surface area contributed by atoms with Crippen LogP contribution in [0.5, 0.6) is 0 Å². The Kier molecular flexibility index (Phi) is 3.49. The van der Waals surface area contributed by atoms with Crippen molar-refractivity contribution < 1.29 is 0 Å². The zero-order chi connectivity index (χ0) is 11.5. The number of imidazole rings is 1. The van der Waals surface area contributed by atoms with Gasteiger partial charge < -0.3 is 4.57 Å². The Labute approximate surface area is 100 Å². The van der Waals surface area contributed by atoms with Crippen molar-refractivity contribution >= 4 is 22.9 Å². The molecule has 3 nitrogen and oxygen atoms in total. The first kappa shape index (κ1) is 11.5. The van der Waals surface area contributed by atoms with E-state index in [2.05, 4.69) is 29.0 Å². The van der Waals surface area contributed by atoms with Crippen LogP contribution in [0.1, 0.15) is 25.6 Å². The van der Waals surface area contributed by atoms with E-state index in [0.717, 1.165) is 27.8 Å². The summed E-state index contributed by atoms with van der Waals surface area (Å²) in [5.41, 5.74) is 1.97. The molecule has 0 aliphatic rings. The number of pyridine rings is 1. The molecule has 0 N–H and O–H groups in total. The maximum atomic E-state index is 4.63. The number of aromatic nitrogens is 3. The Balaban J connectivity index is 2.25. The van der Waals surface area contributed by atoms with Gasteiger partial charge in [-0.25, -0.2) is 9.97 Å². The minimum atomic E-state index is 0.985. The van der Waals surface area contributed by atoms with Crippen LogP contribution in [0.3, 0.4) is 0 Å². The molecule has 0 aliphatic carbocycles. The topological polar surface area (TPSA) is 30.7 Å². The fraction of sp³-hybridized carbons (Fsp3) is 0.500. The number of fused-ring (bicyclic) bond motifs is 1. The molecule has 0 fully saturated rings. The van der Waals surface area contributed by atoms with Gasteiger partial charge in [0.1, 0.15) is 11.3 Å². The lowest BCUT2D eigenvalue weighted by molar-refractivity contribution is 0.866. The summed E-state index contributed by atoms with van der Waals surface area (Å²) in [4.78, 5) is 9.07. The van der Waals surface area contributed by atoms with Crippen molar-refractivity contribution in [2.75, 3.05) is 5.75 Å². The fourth-order valence-electron chi connectivity index (χ4n) is 1.56. The van der Waals surface area contributed by atoms with Crippen molar-refractivity contribution in [3.8, 4) is 0 Å². The summed E-state index contributed by atoms with van der Waals surface area (Å²) in [6, 6.07) is 4.12. The Morgan fingerprint density at radius 1 is 1.31 bits per heavy atom. The molecule has 2 aromatic rings. The molecule has 0 bridgehead atoms. The molecule has 4 heteroatoms. The van der Waals surface area contributed by atoms with Gasteiger partial charge in [0.05, 0.1) is 5.03 Å². The maximum absolute atomic E-state index is 4.63. The predicted octanol–water partition coefficient (Wildman–Crippen LogP) is 3.17. The summed E-state index contributed by atoms with van der Waals surface area (Å²) in [6.07, 6.45) is 2.48. The highest BCUT2D eigenvalue weighted by molar-refractivity contribution is 7.99. The van der Waals surface area contributed by atoms with Gasteiger partial charge in [-0.05, 0) is 31.2 Å². The van der Waals surface area contributed by atoms with E-state index in [1.165, 1.54) is 12.8 Å². The number of unbranched alkanes of at least 4 members (excludes halogenated alkanes) is 1. The highest BCUT2D eigenvalue weighted by Gasteiger charge is 2.06. The normalized spacial score (nSPS) is 11.2. The van der Waals surface area contributed by atoms with Crippen molar-refractivity contribution in [2.24, 2.45) is 7.05 Å². The van der Waals surface area contributed by atoms with Crippen LogP contribution >= 0.6 is 11.8 Å². The van der Waals surface area contributed by atoms with Crippen LogP contribution in [0, 0.1) is 6.92 Å². The van der Waals surface area contributed by atoms with E-state index in [4.69, 9.17) is 0 Å². The lowest BCUT2D eigenvalue weighted by Gasteiger charge is -2.00. The van der Waals surface area contributed by atoms with E-state index >= 15 is 0 Å². The molecule has 2 aromatic heterocycles. The quantitative estimate of drug-likeness (QED) is 0.602. The average molecular weight is 235 g/mol. The van der Waals surface area contributed by atoms with Crippen LogP contribution in [0.2, 0.25) is 0 Å². The van der Waals surface area contributed by atoms with Gasteiger partial charge in [-0.2, -0.15) is 0 Å². The molecule has 0 spiro atoms. The molecule has 0 aromatic carbocycles. The minimum Gasteiger partial charge on any atom is -0.316 e. The minimum absolute atomic E-state index is 0.985. The number of aryl methyl sites for hydroxylation is 2. The summed E-state index contributed by atoms with van der Waals surface area (Å²) in [6.45, 7) is 4.22. The summed E-state index contributed by atoms with van der Waals surface area (Å²) in [7, 11) is 2.01. The van der Waals surface area contributed by atoms with Crippen LogP contribution in [-0.4, -0.2) is 20.3 Å². The predicted molar refractivity (Wildman–Crippen MR) is 68.9 cm³/mol. The van der Waals surface area contributed by atoms with Crippen molar-refractivity contribution in [3.05, 3.63) is 18.0 Å². The fourth-order valence-corrected chi connectivity index (χ4v) is 2.52. The average Bonchev–Trinajstić information content (AvgIpc) is 2.56. The molecule has 2 rings (SSSR count). The van der Waals surface area contributed by atoms with Gasteiger partial charge in [0, 0.05) is 7.05 Å². The second-order valence-corrected chi connectivity index (χ2v) is 5.03. The van der Waals surface area contributed by atoms with E-state index in [1.54, 1.807) is 0 Å². The molecular weight excluding hydrogens is 218 g/mol. The number of hydrogen-bond donors (Lipinski definition) is 0. The second kappa shape index (κ2) is 4.87. The highest BCUT2D eigenvalue weighted by Crippen LogP contribution is 2.20. The molecule has 0 amide bonds. The van der Waals surface area contributed by atoms with Gasteiger partial charge in [0.15, 0.2) is 5.65 Å².